The van der Waals surface area contributed by atoms with Crippen LogP contribution in [-0.2, 0) is 49.4 Å². The molecule has 1 fully saturated rings. The van der Waals surface area contributed by atoms with E-state index in [-0.39, 0.29) is 32.5 Å². The maximum Gasteiger partial charge on any atom is 0.314 e. The lowest BCUT2D eigenvalue weighted by molar-refractivity contribution is -0.276. The Morgan fingerprint density at radius 2 is 0.733 bits per heavy atom. The molecule has 0 saturated heterocycles. The van der Waals surface area contributed by atoms with E-state index in [1.54, 1.807) is 0 Å². The number of hydrogen-bond acceptors (Lipinski definition) is 12. The molecule has 0 amide bonds. The fourth-order valence-electron chi connectivity index (χ4n) is 9.89. The van der Waals surface area contributed by atoms with Crippen molar-refractivity contribution in [2.75, 3.05) is 0 Å². The van der Waals surface area contributed by atoms with Crippen molar-refractivity contribution in [2.45, 2.75) is 182 Å². The van der Waals surface area contributed by atoms with Crippen LogP contribution in [0.15, 0.2) is 10.8 Å². The van der Waals surface area contributed by atoms with E-state index >= 15 is 0 Å². The normalized spacial score (nSPS) is 22.6. The van der Waals surface area contributed by atoms with Gasteiger partial charge in [-0.3, -0.25) is 0 Å². The quantitative estimate of drug-likeness (QED) is 0.0761. The van der Waals surface area contributed by atoms with Gasteiger partial charge in [0.05, 0.1) is 0 Å². The molecular formula is C35H94O12Si13. The first-order chi connectivity index (χ1) is 26.5. The minimum absolute atomic E-state index is 0.00355. The zero-order chi connectivity index (χ0) is 47.5. The molecular weight excluding hydrogens is 977 g/mol. The smallest absolute Gasteiger partial charge is 0.314 e. The van der Waals surface area contributed by atoms with Crippen LogP contribution < -0.4 is 0 Å². The number of hydrogen-bond donors (Lipinski definition) is 0. The third-order valence-electron chi connectivity index (χ3n) is 15.0. The van der Waals surface area contributed by atoms with Crippen LogP contribution in [0.3, 0.4) is 0 Å². The van der Waals surface area contributed by atoms with Gasteiger partial charge in [0.1, 0.15) is 0 Å². The largest absolute Gasteiger partial charge is 0.441 e. The van der Waals surface area contributed by atoms with Crippen molar-refractivity contribution in [3.05, 3.63) is 10.8 Å². The Bertz CT molecular complexity index is 1390. The Hall–Kier alpha value is 2.08. The summed E-state index contributed by atoms with van der Waals surface area (Å²) in [5.41, 5.74) is 1.60. The molecule has 358 valence electrons. The van der Waals surface area contributed by atoms with Crippen molar-refractivity contribution in [2.24, 2.45) is 32.5 Å². The van der Waals surface area contributed by atoms with E-state index in [0.717, 1.165) is 0 Å². The first-order valence-electron chi connectivity index (χ1n) is 21.8. The van der Waals surface area contributed by atoms with Crippen molar-refractivity contribution >= 4 is 120 Å². The maximum atomic E-state index is 7.31. The van der Waals surface area contributed by atoms with Gasteiger partial charge in [0.25, 0.3) is 69.3 Å². The Morgan fingerprint density at radius 3 is 1.12 bits per heavy atom. The summed E-state index contributed by atoms with van der Waals surface area (Å²) in [4.78, 5) is 0. The van der Waals surface area contributed by atoms with Crippen molar-refractivity contribution in [1.82, 2.24) is 0 Å². The molecule has 1 aliphatic carbocycles. The van der Waals surface area contributed by atoms with Crippen LogP contribution in [0.1, 0.15) is 90.0 Å². The molecule has 1 saturated carbocycles. The second-order valence-electron chi connectivity index (χ2n) is 22.9. The van der Waals surface area contributed by atoms with E-state index in [0.29, 0.717) is 0 Å². The summed E-state index contributed by atoms with van der Waals surface area (Å²) in [6, 6.07) is 0. The molecule has 0 spiro atoms. The molecule has 0 aromatic rings. The van der Waals surface area contributed by atoms with E-state index in [9.17, 15) is 0 Å². The lowest BCUT2D eigenvalue weighted by Crippen LogP contribution is -2.72. The molecule has 0 aliphatic heterocycles. The maximum absolute atomic E-state index is 7.31. The van der Waals surface area contributed by atoms with Crippen molar-refractivity contribution < 1.29 is 49.4 Å². The molecule has 0 heterocycles. The topological polar surface area (TPSA) is 111 Å². The van der Waals surface area contributed by atoms with Gasteiger partial charge < -0.3 is 49.4 Å². The monoisotopic (exact) mass is 1070 g/mol. The molecule has 60 heavy (non-hydrogen) atoms. The van der Waals surface area contributed by atoms with Crippen molar-refractivity contribution in [3.63, 3.8) is 0 Å². The van der Waals surface area contributed by atoms with E-state index in [2.05, 4.69) is 175 Å². The summed E-state index contributed by atoms with van der Waals surface area (Å²) in [7, 11) is -22.8. The van der Waals surface area contributed by atoms with E-state index in [1.165, 1.54) is 10.8 Å². The van der Waals surface area contributed by atoms with Crippen LogP contribution in [0.25, 0.3) is 0 Å². The lowest BCUT2D eigenvalue weighted by Gasteiger charge is -2.77. The predicted octanol–water partition coefficient (Wildman–Crippen LogP) is 5.90. The van der Waals surface area contributed by atoms with Gasteiger partial charge in [0.15, 0.2) is 8.32 Å². The highest BCUT2D eigenvalue weighted by atomic mass is 28.5. The first-order valence-corrected chi connectivity index (χ1v) is 48.4. The minimum atomic E-state index is -2.69. The van der Waals surface area contributed by atoms with Gasteiger partial charge in [-0.05, 0) is 138 Å². The third kappa shape index (κ3) is 15.0. The van der Waals surface area contributed by atoms with Gasteiger partial charge >= 0.3 is 34.2 Å². The van der Waals surface area contributed by atoms with Gasteiger partial charge in [0.2, 0.25) is 8.32 Å². The summed E-state index contributed by atoms with van der Waals surface area (Å²) in [5.74, 6) is 0. The van der Waals surface area contributed by atoms with E-state index < -0.39 is 120 Å². The highest BCUT2D eigenvalue weighted by molar-refractivity contribution is 6.91. The molecule has 12 nitrogen and oxygen atoms in total. The van der Waals surface area contributed by atoms with Gasteiger partial charge in [-0.1, -0.05) is 86.9 Å². The van der Waals surface area contributed by atoms with Crippen LogP contribution in [0.2, 0.25) is 91.7 Å². The number of allylic oxidation sites excluding steroid dienone is 2. The fraction of sp³-hybridized carbons (Fsp3) is 0.943. The summed E-state index contributed by atoms with van der Waals surface area (Å²) in [6.07, 6.45) is 0. The van der Waals surface area contributed by atoms with Crippen LogP contribution in [0.4, 0.5) is 0 Å². The third-order valence-corrected chi connectivity index (χ3v) is 49.6. The van der Waals surface area contributed by atoms with Crippen LogP contribution in [0.5, 0.6) is 0 Å². The second-order valence-corrected chi connectivity index (χ2v) is 59.5. The summed E-state index contributed by atoms with van der Waals surface area (Å²) >= 11 is 0. The van der Waals surface area contributed by atoms with E-state index in [1.807, 2.05) is 6.55 Å². The molecule has 0 radical (unpaired) electrons. The Morgan fingerprint density at radius 1 is 0.417 bits per heavy atom. The zero-order valence-electron chi connectivity index (χ0n) is 43.7. The highest BCUT2D eigenvalue weighted by Gasteiger charge is 2.74. The first kappa shape index (κ1) is 60.1. The summed E-state index contributed by atoms with van der Waals surface area (Å²) in [5, 5.41) is 1.42. The zero-order valence-corrected chi connectivity index (χ0v) is 59.4. The average Bonchev–Trinajstić information content (AvgIpc) is 3.01. The van der Waals surface area contributed by atoms with Gasteiger partial charge in [-0.15, -0.1) is 0 Å². The number of rotatable bonds is 26. The lowest BCUT2D eigenvalue weighted by atomic mass is 9.27. The Labute approximate surface area is 391 Å². The predicted molar refractivity (Wildman–Crippen MR) is 283 cm³/mol. The van der Waals surface area contributed by atoms with Crippen molar-refractivity contribution in [3.8, 4) is 0 Å². The summed E-state index contributed by atoms with van der Waals surface area (Å²) in [6.45, 7) is 62.6. The molecule has 1 aliphatic rings. The fourth-order valence-corrected chi connectivity index (χ4v) is 49.1. The standard InChI is InChI=1S/C35H94O12Si13/c1-28(35(13)33(9,10)31(5,6)30(3,4)32(7,8)34(35,11)12)29(2)56(18,19)44-58(22,23)46-60(26,27)47-59(24,25)45-57(20,21)43-54(14)41-52-39-50-37-48-36-49-38-51-40-53-42-55(15,16)17/h54H,48-53H2,1-27H3. The molecule has 1 unspecified atom stereocenters. The molecule has 0 aromatic carbocycles. The summed E-state index contributed by atoms with van der Waals surface area (Å²) < 4.78 is 74.7. The molecule has 0 aromatic heterocycles. The van der Waals surface area contributed by atoms with Crippen LogP contribution >= 0.6 is 0 Å². The molecule has 25 heteroatoms. The van der Waals surface area contributed by atoms with Gasteiger partial charge in [-0.2, -0.15) is 0 Å². The van der Waals surface area contributed by atoms with Crippen LogP contribution in [-0.4, -0.2) is 120 Å². The second kappa shape index (κ2) is 21.6. The average molecular weight is 1070 g/mol. The van der Waals surface area contributed by atoms with Gasteiger partial charge in [-0.25, -0.2) is 0 Å². The molecule has 1 atom stereocenters. The molecule has 1 rings (SSSR count). The van der Waals surface area contributed by atoms with E-state index in [4.69, 9.17) is 49.4 Å². The minimum Gasteiger partial charge on any atom is -0.441 e. The Balaban J connectivity index is 2.84. The van der Waals surface area contributed by atoms with Crippen LogP contribution in [0, 0.1) is 32.5 Å². The Kier molecular flexibility index (Phi) is 21.6. The SMILES string of the molecule is CC(=C(C)[Si](C)(C)O[Si](C)(C)O[Si](C)(C)O[Si](C)(C)O[Si](C)(C)O[SiH](C)O[SiH2]O[SiH2]O[SiH2]O[SiH2]O[SiH2]O[SiH2]O[Si](C)(C)C)C1(C)C(C)(C)C(C)(C)C(C)(C)C(C)(C)C1(C)C. The molecule has 0 bridgehead atoms. The molecule has 0 N–H and O–H groups in total. The van der Waals surface area contributed by atoms with Gasteiger partial charge in [0, 0.05) is 0 Å². The highest BCUT2D eigenvalue weighted by Crippen LogP contribution is 2.80. The van der Waals surface area contributed by atoms with Crippen molar-refractivity contribution in [1.29, 1.82) is 0 Å².